The second kappa shape index (κ2) is 5.83. The van der Waals surface area contributed by atoms with E-state index in [0.717, 1.165) is 38.6 Å². The lowest BCUT2D eigenvalue weighted by atomic mass is 10.0. The number of hydrogen-bond acceptors (Lipinski definition) is 3. The van der Waals surface area contributed by atoms with Crippen molar-refractivity contribution in [1.29, 1.82) is 0 Å². The lowest BCUT2D eigenvalue weighted by Crippen LogP contribution is -2.43. The Morgan fingerprint density at radius 1 is 1.47 bits per heavy atom. The van der Waals surface area contributed by atoms with E-state index in [1.807, 2.05) is 4.90 Å². The fourth-order valence-corrected chi connectivity index (χ4v) is 2.93. The zero-order valence-electron chi connectivity index (χ0n) is 10.6. The zero-order valence-corrected chi connectivity index (χ0v) is 10.6. The second-order valence-corrected chi connectivity index (χ2v) is 5.25. The maximum absolute atomic E-state index is 12.4. The van der Waals surface area contributed by atoms with Crippen molar-refractivity contribution in [3.05, 3.63) is 0 Å². The SMILES string of the molecule is CC1CCOC1C(=O)N1CCCC1CCCO. The third kappa shape index (κ3) is 2.80. The van der Waals surface area contributed by atoms with Crippen LogP contribution < -0.4 is 0 Å². The molecule has 0 saturated carbocycles. The number of hydrogen-bond donors (Lipinski definition) is 1. The number of ether oxygens (including phenoxy) is 1. The Labute approximate surface area is 103 Å². The third-order valence-electron chi connectivity index (χ3n) is 3.99. The van der Waals surface area contributed by atoms with E-state index < -0.39 is 0 Å². The van der Waals surface area contributed by atoms with Crippen LogP contribution in [0.5, 0.6) is 0 Å². The van der Waals surface area contributed by atoms with E-state index in [1.165, 1.54) is 0 Å². The lowest BCUT2D eigenvalue weighted by Gasteiger charge is -2.28. The third-order valence-corrected chi connectivity index (χ3v) is 3.99. The van der Waals surface area contributed by atoms with Crippen LogP contribution in [0, 0.1) is 5.92 Å². The minimum Gasteiger partial charge on any atom is -0.396 e. The predicted octanol–water partition coefficient (Wildman–Crippen LogP) is 1.17. The van der Waals surface area contributed by atoms with E-state index in [0.29, 0.717) is 18.6 Å². The molecule has 0 bridgehead atoms. The Kier molecular flexibility index (Phi) is 4.40. The van der Waals surface area contributed by atoms with Gasteiger partial charge in [-0.15, -0.1) is 0 Å². The summed E-state index contributed by atoms with van der Waals surface area (Å²) in [6.45, 7) is 3.89. The molecule has 1 amide bonds. The van der Waals surface area contributed by atoms with Gasteiger partial charge in [-0.05, 0) is 38.0 Å². The summed E-state index contributed by atoms with van der Waals surface area (Å²) in [7, 11) is 0. The van der Waals surface area contributed by atoms with Crippen LogP contribution in [0.4, 0.5) is 0 Å². The number of carbonyl (C=O) groups is 1. The van der Waals surface area contributed by atoms with Crippen LogP contribution in [0.25, 0.3) is 0 Å². The van der Waals surface area contributed by atoms with Gasteiger partial charge in [0.2, 0.25) is 0 Å². The molecule has 4 nitrogen and oxygen atoms in total. The van der Waals surface area contributed by atoms with E-state index >= 15 is 0 Å². The topological polar surface area (TPSA) is 49.8 Å². The van der Waals surface area contributed by atoms with Gasteiger partial charge in [0.05, 0.1) is 0 Å². The number of aliphatic hydroxyl groups excluding tert-OH is 1. The Balaban J connectivity index is 1.93. The highest BCUT2D eigenvalue weighted by Gasteiger charge is 2.38. The van der Waals surface area contributed by atoms with Crippen molar-refractivity contribution in [3.8, 4) is 0 Å². The van der Waals surface area contributed by atoms with Crippen molar-refractivity contribution in [3.63, 3.8) is 0 Å². The molecule has 0 aromatic rings. The number of amides is 1. The van der Waals surface area contributed by atoms with Gasteiger partial charge in [-0.3, -0.25) is 4.79 Å². The van der Waals surface area contributed by atoms with Crippen LogP contribution in [-0.2, 0) is 9.53 Å². The van der Waals surface area contributed by atoms with Crippen molar-refractivity contribution in [2.45, 2.75) is 51.2 Å². The van der Waals surface area contributed by atoms with Crippen LogP contribution in [0.3, 0.4) is 0 Å². The molecular weight excluding hydrogens is 218 g/mol. The van der Waals surface area contributed by atoms with Crippen molar-refractivity contribution in [2.75, 3.05) is 19.8 Å². The van der Waals surface area contributed by atoms with Crippen LogP contribution in [-0.4, -0.2) is 47.8 Å². The number of rotatable bonds is 4. The molecule has 0 aromatic heterocycles. The van der Waals surface area contributed by atoms with Crippen molar-refractivity contribution in [2.24, 2.45) is 5.92 Å². The summed E-state index contributed by atoms with van der Waals surface area (Å²) in [4.78, 5) is 14.4. The quantitative estimate of drug-likeness (QED) is 0.804. The Morgan fingerprint density at radius 2 is 2.29 bits per heavy atom. The van der Waals surface area contributed by atoms with Crippen molar-refractivity contribution < 1.29 is 14.6 Å². The highest BCUT2D eigenvalue weighted by atomic mass is 16.5. The molecule has 2 heterocycles. The molecule has 4 heteroatoms. The first-order valence-corrected chi connectivity index (χ1v) is 6.77. The molecule has 2 rings (SSSR count). The molecule has 2 saturated heterocycles. The summed E-state index contributed by atoms with van der Waals surface area (Å²) in [5, 5.41) is 8.88. The molecule has 0 radical (unpaired) electrons. The second-order valence-electron chi connectivity index (χ2n) is 5.25. The summed E-state index contributed by atoms with van der Waals surface area (Å²) < 4.78 is 5.55. The molecule has 0 aliphatic carbocycles. The molecule has 3 atom stereocenters. The monoisotopic (exact) mass is 241 g/mol. The van der Waals surface area contributed by atoms with Gasteiger partial charge in [-0.1, -0.05) is 6.92 Å². The fourth-order valence-electron chi connectivity index (χ4n) is 2.93. The van der Waals surface area contributed by atoms with Gasteiger partial charge in [0, 0.05) is 25.8 Å². The fraction of sp³-hybridized carbons (Fsp3) is 0.923. The van der Waals surface area contributed by atoms with Gasteiger partial charge in [-0.25, -0.2) is 0 Å². The first kappa shape index (κ1) is 12.8. The first-order chi connectivity index (χ1) is 8.24. The molecule has 3 unspecified atom stereocenters. The van der Waals surface area contributed by atoms with Gasteiger partial charge in [-0.2, -0.15) is 0 Å². The van der Waals surface area contributed by atoms with Crippen LogP contribution in [0.15, 0.2) is 0 Å². The van der Waals surface area contributed by atoms with Gasteiger partial charge in [0.1, 0.15) is 6.10 Å². The standard InChI is InChI=1S/C13H23NO3/c1-10-6-9-17-12(10)13(16)14-7-2-4-11(14)5-3-8-15/h10-12,15H,2-9H2,1H3. The Hall–Kier alpha value is -0.610. The van der Waals surface area contributed by atoms with E-state index in [1.54, 1.807) is 0 Å². The molecule has 1 N–H and O–H groups in total. The maximum Gasteiger partial charge on any atom is 0.252 e. The average molecular weight is 241 g/mol. The van der Waals surface area contributed by atoms with Gasteiger partial charge in [0.25, 0.3) is 5.91 Å². The van der Waals surface area contributed by atoms with Gasteiger partial charge >= 0.3 is 0 Å². The largest absolute Gasteiger partial charge is 0.396 e. The highest BCUT2D eigenvalue weighted by Crippen LogP contribution is 2.27. The van der Waals surface area contributed by atoms with E-state index in [9.17, 15) is 4.79 Å². The number of aliphatic hydroxyl groups is 1. The molecule has 0 spiro atoms. The molecule has 2 aliphatic heterocycles. The van der Waals surface area contributed by atoms with Crippen LogP contribution in [0.1, 0.15) is 39.0 Å². The molecule has 0 aromatic carbocycles. The number of carbonyl (C=O) groups excluding carboxylic acids is 1. The number of likely N-dealkylation sites (tertiary alicyclic amines) is 1. The van der Waals surface area contributed by atoms with Gasteiger partial charge < -0.3 is 14.7 Å². The normalized spacial score (nSPS) is 33.3. The molecular formula is C13H23NO3. The average Bonchev–Trinajstić information content (AvgIpc) is 2.94. The number of nitrogens with zero attached hydrogens (tertiary/aromatic N) is 1. The minimum absolute atomic E-state index is 0.176. The predicted molar refractivity (Wildman–Crippen MR) is 64.6 cm³/mol. The lowest BCUT2D eigenvalue weighted by molar-refractivity contribution is -0.143. The van der Waals surface area contributed by atoms with Crippen LogP contribution >= 0.6 is 0 Å². The van der Waals surface area contributed by atoms with Crippen molar-refractivity contribution >= 4 is 5.91 Å². The Bertz CT molecular complexity index is 269. The molecule has 2 aliphatic rings. The van der Waals surface area contributed by atoms with Gasteiger partial charge in [0.15, 0.2) is 0 Å². The summed E-state index contributed by atoms with van der Waals surface area (Å²) >= 11 is 0. The Morgan fingerprint density at radius 3 is 2.94 bits per heavy atom. The summed E-state index contributed by atoms with van der Waals surface area (Å²) in [6.07, 6.45) is 4.64. The highest BCUT2D eigenvalue weighted by molar-refractivity contribution is 5.82. The zero-order chi connectivity index (χ0) is 12.3. The first-order valence-electron chi connectivity index (χ1n) is 6.77. The van der Waals surface area contributed by atoms with E-state index in [4.69, 9.17) is 9.84 Å². The van der Waals surface area contributed by atoms with E-state index in [2.05, 4.69) is 6.92 Å². The summed E-state index contributed by atoms with van der Waals surface area (Å²) in [5.74, 6) is 0.525. The van der Waals surface area contributed by atoms with Crippen molar-refractivity contribution in [1.82, 2.24) is 4.90 Å². The summed E-state index contributed by atoms with van der Waals surface area (Å²) in [6, 6.07) is 0.325. The van der Waals surface area contributed by atoms with E-state index in [-0.39, 0.29) is 18.6 Å². The molecule has 2 fully saturated rings. The molecule has 98 valence electrons. The maximum atomic E-state index is 12.4. The smallest absolute Gasteiger partial charge is 0.252 e. The van der Waals surface area contributed by atoms with Crippen LogP contribution in [0.2, 0.25) is 0 Å². The molecule has 17 heavy (non-hydrogen) atoms. The minimum atomic E-state index is -0.218. The summed E-state index contributed by atoms with van der Waals surface area (Å²) in [5.41, 5.74) is 0.